The molecule has 0 unspecified atom stereocenters. The zero-order valence-electron chi connectivity index (χ0n) is 13.9. The predicted octanol–water partition coefficient (Wildman–Crippen LogP) is 4.77. The van der Waals surface area contributed by atoms with Gasteiger partial charge in [0, 0.05) is 24.3 Å². The van der Waals surface area contributed by atoms with E-state index in [4.69, 9.17) is 0 Å². The van der Waals surface area contributed by atoms with Crippen LogP contribution in [0.3, 0.4) is 0 Å². The smallest absolute Gasteiger partial charge is 0.137 e. The van der Waals surface area contributed by atoms with E-state index in [1.54, 1.807) is 18.5 Å². The normalized spacial score (nSPS) is 11.4. The van der Waals surface area contributed by atoms with Crippen LogP contribution >= 0.6 is 0 Å². The van der Waals surface area contributed by atoms with Crippen LogP contribution in [0.2, 0.25) is 0 Å². The van der Waals surface area contributed by atoms with E-state index in [9.17, 15) is 4.39 Å². The molecular formula is C21H15FN4. The Morgan fingerprint density at radius 1 is 1.00 bits per heavy atom. The molecule has 0 atom stereocenters. The van der Waals surface area contributed by atoms with Gasteiger partial charge in [-0.2, -0.15) is 0 Å². The number of H-pyrrole nitrogens is 1. The molecule has 3 aromatic heterocycles. The number of rotatable bonds is 3. The van der Waals surface area contributed by atoms with Crippen molar-refractivity contribution in [3.63, 3.8) is 0 Å². The Kier molecular flexibility index (Phi) is 3.31. The number of nitrogens with zero attached hydrogens (tertiary/aromatic N) is 3. The lowest BCUT2D eigenvalue weighted by Gasteiger charge is -2.07. The Balaban J connectivity index is 1.62. The highest BCUT2D eigenvalue weighted by molar-refractivity contribution is 5.95. The molecule has 2 aromatic carbocycles. The van der Waals surface area contributed by atoms with Gasteiger partial charge in [0.2, 0.25) is 0 Å². The van der Waals surface area contributed by atoms with Gasteiger partial charge in [0.15, 0.2) is 0 Å². The fourth-order valence-corrected chi connectivity index (χ4v) is 3.39. The van der Waals surface area contributed by atoms with Crippen molar-refractivity contribution < 1.29 is 4.39 Å². The second-order valence-corrected chi connectivity index (χ2v) is 6.30. The topological polar surface area (TPSA) is 46.5 Å². The zero-order chi connectivity index (χ0) is 17.5. The molecule has 0 saturated heterocycles. The van der Waals surface area contributed by atoms with Crippen LogP contribution in [-0.4, -0.2) is 19.5 Å². The number of aromatic nitrogens is 4. The Hall–Kier alpha value is -3.47. The second-order valence-electron chi connectivity index (χ2n) is 6.30. The lowest BCUT2D eigenvalue weighted by Crippen LogP contribution is -1.98. The summed E-state index contributed by atoms with van der Waals surface area (Å²) in [7, 11) is 0. The minimum atomic E-state index is -0.223. The van der Waals surface area contributed by atoms with E-state index >= 15 is 0 Å². The fourth-order valence-electron chi connectivity index (χ4n) is 3.39. The van der Waals surface area contributed by atoms with Crippen LogP contribution in [-0.2, 0) is 6.54 Å². The van der Waals surface area contributed by atoms with Crippen LogP contribution in [0.1, 0.15) is 5.56 Å². The summed E-state index contributed by atoms with van der Waals surface area (Å²) in [5, 5.41) is 1.09. The van der Waals surface area contributed by atoms with Crippen molar-refractivity contribution in [1.29, 1.82) is 0 Å². The summed E-state index contributed by atoms with van der Waals surface area (Å²) in [6.07, 6.45) is 5.51. The average Bonchev–Trinajstić information content (AvgIpc) is 3.28. The predicted molar refractivity (Wildman–Crippen MR) is 100 cm³/mol. The summed E-state index contributed by atoms with van der Waals surface area (Å²) in [5.41, 5.74) is 5.95. The first-order valence-corrected chi connectivity index (χ1v) is 8.40. The number of pyridine rings is 1. The van der Waals surface area contributed by atoms with Gasteiger partial charge >= 0.3 is 0 Å². The summed E-state index contributed by atoms with van der Waals surface area (Å²) in [6.45, 7) is 0.577. The molecule has 26 heavy (non-hydrogen) atoms. The van der Waals surface area contributed by atoms with Crippen molar-refractivity contribution >= 4 is 22.1 Å². The van der Waals surface area contributed by atoms with E-state index < -0.39 is 0 Å². The first-order chi connectivity index (χ1) is 12.8. The maximum Gasteiger partial charge on any atom is 0.137 e. The van der Waals surface area contributed by atoms with Crippen molar-refractivity contribution in [2.45, 2.75) is 6.54 Å². The van der Waals surface area contributed by atoms with Gasteiger partial charge in [0.25, 0.3) is 0 Å². The molecule has 3 heterocycles. The minimum Gasteiger partial charge on any atom is -0.346 e. The van der Waals surface area contributed by atoms with Gasteiger partial charge in [-0.15, -0.1) is 0 Å². The molecule has 126 valence electrons. The van der Waals surface area contributed by atoms with Gasteiger partial charge in [-0.1, -0.05) is 18.2 Å². The summed E-state index contributed by atoms with van der Waals surface area (Å²) in [6, 6.07) is 16.9. The third-order valence-electron chi connectivity index (χ3n) is 4.63. The van der Waals surface area contributed by atoms with Crippen molar-refractivity contribution in [3.05, 3.63) is 84.7 Å². The maximum atomic E-state index is 13.5. The van der Waals surface area contributed by atoms with Crippen LogP contribution in [0.4, 0.5) is 4.39 Å². The molecule has 5 rings (SSSR count). The maximum absolute atomic E-state index is 13.5. The van der Waals surface area contributed by atoms with Crippen molar-refractivity contribution in [2.24, 2.45) is 0 Å². The SMILES string of the molecule is Fc1cccc(Cn2cnc3ccc(-c4ccnc5[nH]ccc45)cc32)c1. The van der Waals surface area contributed by atoms with E-state index in [0.717, 1.165) is 38.8 Å². The summed E-state index contributed by atoms with van der Waals surface area (Å²) in [5.74, 6) is -0.223. The monoisotopic (exact) mass is 342 g/mol. The molecule has 0 aliphatic carbocycles. The number of hydrogen-bond donors (Lipinski definition) is 1. The number of aromatic amines is 1. The van der Waals surface area contributed by atoms with Gasteiger partial charge in [-0.3, -0.25) is 0 Å². The number of halogens is 1. The third-order valence-corrected chi connectivity index (χ3v) is 4.63. The van der Waals surface area contributed by atoms with E-state index in [1.807, 2.05) is 41.2 Å². The van der Waals surface area contributed by atoms with Gasteiger partial charge in [0.1, 0.15) is 11.5 Å². The average molecular weight is 342 g/mol. The molecular weight excluding hydrogens is 327 g/mol. The number of hydrogen-bond acceptors (Lipinski definition) is 2. The highest BCUT2D eigenvalue weighted by Crippen LogP contribution is 2.29. The number of nitrogens with one attached hydrogen (secondary N) is 1. The molecule has 4 nitrogen and oxygen atoms in total. The first kappa shape index (κ1) is 14.8. The highest BCUT2D eigenvalue weighted by Gasteiger charge is 2.09. The molecule has 0 aliphatic heterocycles. The molecule has 5 aromatic rings. The Morgan fingerprint density at radius 2 is 1.96 bits per heavy atom. The van der Waals surface area contributed by atoms with Crippen LogP contribution in [0.15, 0.2) is 73.3 Å². The summed E-state index contributed by atoms with van der Waals surface area (Å²) < 4.78 is 15.5. The van der Waals surface area contributed by atoms with Gasteiger partial charge in [-0.25, -0.2) is 14.4 Å². The lowest BCUT2D eigenvalue weighted by atomic mass is 10.0. The minimum absolute atomic E-state index is 0.223. The van der Waals surface area contributed by atoms with E-state index in [2.05, 4.69) is 27.1 Å². The largest absolute Gasteiger partial charge is 0.346 e. The van der Waals surface area contributed by atoms with Crippen molar-refractivity contribution in [3.8, 4) is 11.1 Å². The standard InChI is InChI=1S/C21H15FN4/c22-16-3-1-2-14(10-16)12-26-13-25-19-5-4-15(11-20(19)26)17-6-8-23-21-18(17)7-9-24-21/h1-11,13H,12H2,(H,23,24). The first-order valence-electron chi connectivity index (χ1n) is 8.40. The Labute approximate surface area is 149 Å². The van der Waals surface area contributed by atoms with E-state index in [0.29, 0.717) is 6.54 Å². The van der Waals surface area contributed by atoms with Gasteiger partial charge in [-0.05, 0) is 53.1 Å². The van der Waals surface area contributed by atoms with E-state index in [-0.39, 0.29) is 5.82 Å². The molecule has 0 radical (unpaired) electrons. The lowest BCUT2D eigenvalue weighted by molar-refractivity contribution is 0.624. The van der Waals surface area contributed by atoms with Crippen LogP contribution in [0.5, 0.6) is 0 Å². The van der Waals surface area contributed by atoms with Crippen molar-refractivity contribution in [2.75, 3.05) is 0 Å². The fraction of sp³-hybridized carbons (Fsp3) is 0.0476. The zero-order valence-corrected chi connectivity index (χ0v) is 13.9. The molecule has 0 spiro atoms. The molecule has 0 saturated carbocycles. The van der Waals surface area contributed by atoms with E-state index in [1.165, 1.54) is 6.07 Å². The second kappa shape index (κ2) is 5.81. The third kappa shape index (κ3) is 2.45. The highest BCUT2D eigenvalue weighted by atomic mass is 19.1. The van der Waals surface area contributed by atoms with Crippen LogP contribution < -0.4 is 0 Å². The Morgan fingerprint density at radius 3 is 2.88 bits per heavy atom. The molecule has 0 amide bonds. The number of imidazole rings is 1. The molecule has 0 fully saturated rings. The quantitative estimate of drug-likeness (QED) is 0.513. The molecule has 0 bridgehead atoms. The molecule has 5 heteroatoms. The number of fused-ring (bicyclic) bond motifs is 2. The summed E-state index contributed by atoms with van der Waals surface area (Å²) in [4.78, 5) is 12.0. The van der Waals surface area contributed by atoms with Crippen molar-refractivity contribution in [1.82, 2.24) is 19.5 Å². The van der Waals surface area contributed by atoms with Crippen LogP contribution in [0, 0.1) is 5.82 Å². The molecule has 0 aliphatic rings. The van der Waals surface area contributed by atoms with Crippen LogP contribution in [0.25, 0.3) is 33.2 Å². The Bertz CT molecular complexity index is 1240. The number of benzene rings is 2. The van der Waals surface area contributed by atoms with Gasteiger partial charge < -0.3 is 9.55 Å². The van der Waals surface area contributed by atoms with Gasteiger partial charge in [0.05, 0.1) is 17.4 Å². The summed E-state index contributed by atoms with van der Waals surface area (Å²) >= 11 is 0. The molecule has 1 N–H and O–H groups in total.